The predicted molar refractivity (Wildman–Crippen MR) is 81.3 cm³/mol. The molecule has 0 bridgehead atoms. The third-order valence-electron chi connectivity index (χ3n) is 3.16. The van der Waals surface area contributed by atoms with E-state index in [9.17, 15) is 4.79 Å². The monoisotopic (exact) mass is 286 g/mol. The van der Waals surface area contributed by atoms with E-state index in [0.29, 0.717) is 10.9 Å². The number of benzene rings is 1. The van der Waals surface area contributed by atoms with Crippen molar-refractivity contribution in [3.8, 4) is 5.69 Å². The highest BCUT2D eigenvalue weighted by Crippen LogP contribution is 2.31. The number of para-hydroxylation sites is 1. The summed E-state index contributed by atoms with van der Waals surface area (Å²) in [4.78, 5) is 15.7. The van der Waals surface area contributed by atoms with Crippen LogP contribution in [-0.4, -0.2) is 26.0 Å². The lowest BCUT2D eigenvalue weighted by atomic mass is 10.2. The van der Waals surface area contributed by atoms with Gasteiger partial charge < -0.3 is 5.73 Å². The second-order valence-corrected chi connectivity index (χ2v) is 5.94. The molecule has 0 saturated heterocycles. The van der Waals surface area contributed by atoms with Crippen LogP contribution < -0.4 is 5.73 Å². The number of aliphatic imine (C=N–C) groups is 1. The Balaban J connectivity index is 2.09. The van der Waals surface area contributed by atoms with E-state index < -0.39 is 0 Å². The van der Waals surface area contributed by atoms with E-state index in [2.05, 4.69) is 10.1 Å². The van der Waals surface area contributed by atoms with Crippen LogP contribution in [0.2, 0.25) is 0 Å². The number of nitrogen functional groups attached to an aromatic ring is 1. The van der Waals surface area contributed by atoms with Crippen LogP contribution in [0.5, 0.6) is 0 Å². The Morgan fingerprint density at radius 2 is 2.00 bits per heavy atom. The third kappa shape index (κ3) is 2.02. The van der Waals surface area contributed by atoms with Crippen molar-refractivity contribution in [1.29, 1.82) is 0 Å². The zero-order valence-corrected chi connectivity index (χ0v) is 12.0. The van der Waals surface area contributed by atoms with E-state index in [-0.39, 0.29) is 11.2 Å². The molecule has 1 amide bonds. The van der Waals surface area contributed by atoms with Crippen LogP contribution in [0.15, 0.2) is 35.3 Å². The average Bonchev–Trinajstić information content (AvgIpc) is 2.91. The average molecular weight is 286 g/mol. The summed E-state index contributed by atoms with van der Waals surface area (Å²) in [6.07, 6.45) is 0. The molecule has 5 nitrogen and oxygen atoms in total. The minimum absolute atomic E-state index is 0.115. The van der Waals surface area contributed by atoms with Crippen LogP contribution >= 0.6 is 11.8 Å². The minimum Gasteiger partial charge on any atom is -0.383 e. The van der Waals surface area contributed by atoms with Gasteiger partial charge in [0.25, 0.3) is 5.91 Å². The molecule has 102 valence electrons. The molecule has 2 aromatic rings. The number of aryl methyl sites for hydroxylation is 1. The highest BCUT2D eigenvalue weighted by molar-refractivity contribution is 8.16. The van der Waals surface area contributed by atoms with Gasteiger partial charge in [-0.25, -0.2) is 9.67 Å². The molecule has 0 spiro atoms. The third-order valence-corrected chi connectivity index (χ3v) is 4.23. The number of nitrogens with two attached hydrogens (primary N) is 1. The van der Waals surface area contributed by atoms with Crippen molar-refractivity contribution in [2.45, 2.75) is 19.1 Å². The molecule has 1 unspecified atom stereocenters. The molecule has 6 heteroatoms. The van der Waals surface area contributed by atoms with Crippen molar-refractivity contribution < 1.29 is 4.79 Å². The maximum Gasteiger partial charge on any atom is 0.260 e. The Labute approximate surface area is 120 Å². The van der Waals surface area contributed by atoms with Gasteiger partial charge in [-0.05, 0) is 26.0 Å². The first-order chi connectivity index (χ1) is 9.58. The molecule has 1 atom stereocenters. The molecule has 0 fully saturated rings. The summed E-state index contributed by atoms with van der Waals surface area (Å²) in [5.41, 5.74) is 8.63. The Kier molecular flexibility index (Phi) is 3.10. The SMILES string of the molecule is Cc1nn(-c2ccccc2)c(N)c1C1=NC(=O)C(C)S1. The second-order valence-electron chi connectivity index (χ2n) is 4.61. The van der Waals surface area contributed by atoms with Gasteiger partial charge in [-0.3, -0.25) is 4.79 Å². The van der Waals surface area contributed by atoms with Gasteiger partial charge in [0, 0.05) is 0 Å². The Morgan fingerprint density at radius 1 is 1.30 bits per heavy atom. The van der Waals surface area contributed by atoms with Crippen LogP contribution in [-0.2, 0) is 4.79 Å². The summed E-state index contributed by atoms with van der Waals surface area (Å²) >= 11 is 1.43. The standard InChI is InChI=1S/C14H14N4OS/c1-8-11(14-16-13(19)9(2)20-14)12(15)18(17-8)10-6-4-3-5-7-10/h3-7,9H,15H2,1-2H3. The van der Waals surface area contributed by atoms with Gasteiger partial charge in [0.15, 0.2) is 0 Å². The largest absolute Gasteiger partial charge is 0.383 e. The first-order valence-electron chi connectivity index (χ1n) is 6.28. The molecule has 3 rings (SSSR count). The summed E-state index contributed by atoms with van der Waals surface area (Å²) in [5.74, 6) is 0.401. The lowest BCUT2D eigenvalue weighted by Gasteiger charge is -2.04. The zero-order valence-electron chi connectivity index (χ0n) is 11.2. The number of nitrogens with zero attached hydrogens (tertiary/aromatic N) is 3. The maximum atomic E-state index is 11.6. The number of aromatic nitrogens is 2. The molecule has 2 N–H and O–H groups in total. The molecule has 1 aliphatic rings. The Bertz CT molecular complexity index is 705. The van der Waals surface area contributed by atoms with Crippen molar-refractivity contribution >= 4 is 28.5 Å². The molecule has 20 heavy (non-hydrogen) atoms. The van der Waals surface area contributed by atoms with Gasteiger partial charge >= 0.3 is 0 Å². The molecule has 1 aromatic heterocycles. The van der Waals surface area contributed by atoms with Crippen LogP contribution in [0.25, 0.3) is 5.69 Å². The molecule has 2 heterocycles. The Hall–Kier alpha value is -2.08. The van der Waals surface area contributed by atoms with Gasteiger partial charge in [-0.2, -0.15) is 5.10 Å². The summed E-state index contributed by atoms with van der Waals surface area (Å²) in [7, 11) is 0. The fraction of sp³-hybridized carbons (Fsp3) is 0.214. The fourth-order valence-electron chi connectivity index (χ4n) is 2.13. The van der Waals surface area contributed by atoms with E-state index in [1.54, 1.807) is 4.68 Å². The summed E-state index contributed by atoms with van der Waals surface area (Å²) in [6.45, 7) is 3.72. The van der Waals surface area contributed by atoms with E-state index in [1.807, 2.05) is 44.2 Å². The molecular weight excluding hydrogens is 272 g/mol. The Morgan fingerprint density at radius 3 is 2.60 bits per heavy atom. The molecule has 1 aliphatic heterocycles. The molecule has 0 radical (unpaired) electrons. The number of hydrogen-bond acceptors (Lipinski definition) is 4. The number of carbonyl (C=O) groups excluding carboxylic acids is 1. The second kappa shape index (κ2) is 4.79. The van der Waals surface area contributed by atoms with Crippen molar-refractivity contribution in [3.05, 3.63) is 41.6 Å². The van der Waals surface area contributed by atoms with E-state index >= 15 is 0 Å². The minimum atomic E-state index is -0.149. The van der Waals surface area contributed by atoms with Crippen LogP contribution in [0.4, 0.5) is 5.82 Å². The first-order valence-corrected chi connectivity index (χ1v) is 7.16. The van der Waals surface area contributed by atoms with Gasteiger partial charge in [-0.15, -0.1) is 0 Å². The summed E-state index contributed by atoms with van der Waals surface area (Å²) in [5, 5.41) is 4.98. The van der Waals surface area contributed by atoms with Crippen molar-refractivity contribution in [1.82, 2.24) is 9.78 Å². The number of hydrogen-bond donors (Lipinski definition) is 1. The summed E-state index contributed by atoms with van der Waals surface area (Å²) < 4.78 is 1.68. The number of anilines is 1. The highest BCUT2D eigenvalue weighted by Gasteiger charge is 2.29. The normalized spacial score (nSPS) is 18.4. The molecular formula is C14H14N4OS. The molecule has 1 aromatic carbocycles. The summed E-state index contributed by atoms with van der Waals surface area (Å²) in [6, 6.07) is 9.67. The maximum absolute atomic E-state index is 11.6. The van der Waals surface area contributed by atoms with Crippen LogP contribution in [0.1, 0.15) is 18.2 Å². The van der Waals surface area contributed by atoms with Crippen LogP contribution in [0, 0.1) is 6.92 Å². The van der Waals surface area contributed by atoms with Gasteiger partial charge in [-0.1, -0.05) is 30.0 Å². The quantitative estimate of drug-likeness (QED) is 0.918. The van der Waals surface area contributed by atoms with Gasteiger partial charge in [0.1, 0.15) is 10.9 Å². The number of rotatable bonds is 2. The molecule has 0 aliphatic carbocycles. The zero-order chi connectivity index (χ0) is 14.3. The lowest BCUT2D eigenvalue weighted by molar-refractivity contribution is -0.116. The number of amides is 1. The number of carbonyl (C=O) groups is 1. The van der Waals surface area contributed by atoms with Gasteiger partial charge in [0.05, 0.1) is 22.2 Å². The topological polar surface area (TPSA) is 73.3 Å². The van der Waals surface area contributed by atoms with E-state index in [4.69, 9.17) is 5.73 Å². The predicted octanol–water partition coefficient (Wildman–Crippen LogP) is 2.17. The van der Waals surface area contributed by atoms with E-state index in [1.165, 1.54) is 11.8 Å². The van der Waals surface area contributed by atoms with Crippen LogP contribution in [0.3, 0.4) is 0 Å². The first kappa shape index (κ1) is 12.9. The van der Waals surface area contributed by atoms with E-state index in [0.717, 1.165) is 16.9 Å². The smallest absolute Gasteiger partial charge is 0.260 e. The lowest BCUT2D eigenvalue weighted by Crippen LogP contribution is -2.05. The molecule has 0 saturated carbocycles. The van der Waals surface area contributed by atoms with Crippen molar-refractivity contribution in [2.75, 3.05) is 5.73 Å². The fourth-order valence-corrected chi connectivity index (χ4v) is 3.13. The highest BCUT2D eigenvalue weighted by atomic mass is 32.2. The van der Waals surface area contributed by atoms with Gasteiger partial charge in [0.2, 0.25) is 0 Å². The van der Waals surface area contributed by atoms with Crippen molar-refractivity contribution in [3.63, 3.8) is 0 Å². The van der Waals surface area contributed by atoms with Crippen molar-refractivity contribution in [2.24, 2.45) is 4.99 Å². The number of thioether (sulfide) groups is 1.